The summed E-state index contributed by atoms with van der Waals surface area (Å²) in [5.41, 5.74) is 6.21. The zero-order valence-corrected chi connectivity index (χ0v) is 10.5. The first kappa shape index (κ1) is 11.8. The molecule has 1 unspecified atom stereocenters. The van der Waals surface area contributed by atoms with Crippen molar-refractivity contribution in [1.82, 2.24) is 4.31 Å². The highest BCUT2D eigenvalue weighted by Gasteiger charge is 2.22. The van der Waals surface area contributed by atoms with Crippen LogP contribution in [0.5, 0.6) is 0 Å². The minimum Gasteiger partial charge on any atom is -0.399 e. The Morgan fingerprint density at radius 3 is 2.38 bits per heavy atom. The van der Waals surface area contributed by atoms with Gasteiger partial charge in [-0.25, -0.2) is 13.3 Å². The van der Waals surface area contributed by atoms with Gasteiger partial charge in [-0.1, -0.05) is 0 Å². The first-order valence-electron chi connectivity index (χ1n) is 5.08. The summed E-state index contributed by atoms with van der Waals surface area (Å²) in [6.45, 7) is 1.44. The highest BCUT2D eigenvalue weighted by molar-refractivity contribution is 7.99. The van der Waals surface area contributed by atoms with Crippen molar-refractivity contribution in [3.8, 4) is 0 Å². The quantitative estimate of drug-likeness (QED) is 0.791. The Hall–Kier alpha value is -0.720. The van der Waals surface area contributed by atoms with Gasteiger partial charge in [0.05, 0.1) is 4.90 Å². The summed E-state index contributed by atoms with van der Waals surface area (Å²) in [6, 6.07) is 6.77. The third-order valence-electron chi connectivity index (χ3n) is 2.53. The Balaban J connectivity index is 2.27. The molecule has 16 heavy (non-hydrogen) atoms. The number of thioether (sulfide) groups is 1. The van der Waals surface area contributed by atoms with Gasteiger partial charge in [-0.15, -0.1) is 0 Å². The summed E-state index contributed by atoms with van der Waals surface area (Å²) < 4.78 is 22.2. The van der Waals surface area contributed by atoms with Crippen molar-refractivity contribution in [1.29, 1.82) is 4.78 Å². The lowest BCUT2D eigenvalue weighted by atomic mass is 10.3. The van der Waals surface area contributed by atoms with Gasteiger partial charge in [-0.3, -0.25) is 0 Å². The Morgan fingerprint density at radius 1 is 1.25 bits per heavy atom. The molecule has 0 amide bonds. The lowest BCUT2D eigenvalue weighted by molar-refractivity contribution is 0.478. The second-order valence-corrected chi connectivity index (χ2v) is 6.90. The van der Waals surface area contributed by atoms with Crippen molar-refractivity contribution in [3.63, 3.8) is 0 Å². The molecule has 0 spiro atoms. The van der Waals surface area contributed by atoms with E-state index in [0.29, 0.717) is 10.6 Å². The molecule has 4 nitrogen and oxygen atoms in total. The first-order chi connectivity index (χ1) is 7.60. The fourth-order valence-electron chi connectivity index (χ4n) is 1.61. The number of nitrogens with zero attached hydrogens (tertiary/aromatic N) is 1. The van der Waals surface area contributed by atoms with Crippen LogP contribution in [0.15, 0.2) is 29.2 Å². The van der Waals surface area contributed by atoms with Crippen LogP contribution in [-0.2, 0) is 9.92 Å². The third-order valence-corrected chi connectivity index (χ3v) is 5.48. The van der Waals surface area contributed by atoms with Crippen LogP contribution in [0, 0.1) is 4.78 Å². The number of hydrogen-bond acceptors (Lipinski definition) is 4. The third kappa shape index (κ3) is 2.34. The van der Waals surface area contributed by atoms with E-state index in [2.05, 4.69) is 0 Å². The number of hydrogen-bond donors (Lipinski definition) is 2. The molecular formula is C10H15N3OS2. The van der Waals surface area contributed by atoms with E-state index in [-0.39, 0.29) is 0 Å². The second kappa shape index (κ2) is 4.65. The van der Waals surface area contributed by atoms with E-state index in [4.69, 9.17) is 10.5 Å². The SMILES string of the molecule is N=S(=O)(c1ccc(N)cc1)N1CCSCC1. The Bertz CT molecular complexity index is 449. The van der Waals surface area contributed by atoms with Crippen LogP contribution >= 0.6 is 11.8 Å². The van der Waals surface area contributed by atoms with Gasteiger partial charge in [-0.2, -0.15) is 11.8 Å². The maximum atomic E-state index is 12.4. The Labute approximate surface area is 100 Å². The molecule has 6 heteroatoms. The van der Waals surface area contributed by atoms with Gasteiger partial charge in [0.1, 0.15) is 9.92 Å². The number of nitrogens with two attached hydrogens (primary N) is 1. The monoisotopic (exact) mass is 257 g/mol. The van der Waals surface area contributed by atoms with Crippen molar-refractivity contribution in [2.75, 3.05) is 30.3 Å². The maximum Gasteiger partial charge on any atom is 0.137 e. The molecule has 0 radical (unpaired) electrons. The zero-order valence-electron chi connectivity index (χ0n) is 8.89. The highest BCUT2D eigenvalue weighted by Crippen LogP contribution is 2.21. The number of nitrogens with one attached hydrogen (secondary N) is 1. The minimum absolute atomic E-state index is 0.550. The summed E-state index contributed by atoms with van der Waals surface area (Å²) >= 11 is 1.84. The Morgan fingerprint density at radius 2 is 1.81 bits per heavy atom. The van der Waals surface area contributed by atoms with Crippen molar-refractivity contribution in [3.05, 3.63) is 24.3 Å². The van der Waals surface area contributed by atoms with E-state index >= 15 is 0 Å². The average Bonchev–Trinajstić information content (AvgIpc) is 2.31. The zero-order chi connectivity index (χ0) is 11.6. The minimum atomic E-state index is -2.81. The topological polar surface area (TPSA) is 70.2 Å². The predicted molar refractivity (Wildman–Crippen MR) is 68.9 cm³/mol. The van der Waals surface area contributed by atoms with Crippen molar-refractivity contribution >= 4 is 27.4 Å². The van der Waals surface area contributed by atoms with E-state index in [1.165, 1.54) is 0 Å². The Kier molecular flexibility index (Phi) is 3.41. The maximum absolute atomic E-state index is 12.4. The predicted octanol–water partition coefficient (Wildman–Crippen LogP) is 1.64. The standard InChI is InChI=1S/C10H15N3OS2/c11-9-1-3-10(4-2-9)16(12,14)13-5-7-15-8-6-13/h1-4,12H,5-8,11H2. The fraction of sp³-hybridized carbons (Fsp3) is 0.400. The van der Waals surface area contributed by atoms with E-state index in [9.17, 15) is 4.21 Å². The first-order valence-corrected chi connectivity index (χ1v) is 7.75. The molecule has 1 fully saturated rings. The van der Waals surface area contributed by atoms with Crippen LogP contribution < -0.4 is 5.73 Å². The lowest BCUT2D eigenvalue weighted by Crippen LogP contribution is -2.37. The van der Waals surface area contributed by atoms with Crippen LogP contribution in [0.3, 0.4) is 0 Å². The summed E-state index contributed by atoms with van der Waals surface area (Å²) in [6.07, 6.45) is 0. The highest BCUT2D eigenvalue weighted by atomic mass is 32.2. The molecule has 1 heterocycles. The molecular weight excluding hydrogens is 242 g/mol. The average molecular weight is 257 g/mol. The number of benzene rings is 1. The van der Waals surface area contributed by atoms with Gasteiger partial charge in [0.2, 0.25) is 0 Å². The van der Waals surface area contributed by atoms with Gasteiger partial charge < -0.3 is 5.73 Å². The summed E-state index contributed by atoms with van der Waals surface area (Å²) in [7, 11) is -2.81. The molecule has 3 N–H and O–H groups in total. The van der Waals surface area contributed by atoms with Gasteiger partial charge in [-0.05, 0) is 24.3 Å². The molecule has 1 aliphatic heterocycles. The normalized spacial score (nSPS) is 21.5. The van der Waals surface area contributed by atoms with Crippen LogP contribution in [0.1, 0.15) is 0 Å². The van der Waals surface area contributed by atoms with E-state index in [1.54, 1.807) is 28.6 Å². The number of nitrogen functional groups attached to an aromatic ring is 1. The van der Waals surface area contributed by atoms with Crippen LogP contribution in [-0.4, -0.2) is 33.1 Å². The van der Waals surface area contributed by atoms with Gasteiger partial charge >= 0.3 is 0 Å². The molecule has 1 aliphatic rings. The number of rotatable bonds is 2. The molecule has 0 saturated carbocycles. The van der Waals surface area contributed by atoms with Crippen molar-refractivity contribution in [2.24, 2.45) is 0 Å². The molecule has 2 rings (SSSR count). The molecule has 0 bridgehead atoms. The van der Waals surface area contributed by atoms with Crippen LogP contribution in [0.2, 0.25) is 0 Å². The molecule has 1 aromatic carbocycles. The van der Waals surface area contributed by atoms with Gasteiger partial charge in [0, 0.05) is 30.3 Å². The molecule has 1 saturated heterocycles. The van der Waals surface area contributed by atoms with E-state index in [0.717, 1.165) is 24.6 Å². The van der Waals surface area contributed by atoms with Crippen molar-refractivity contribution in [2.45, 2.75) is 4.90 Å². The van der Waals surface area contributed by atoms with Gasteiger partial charge in [0.15, 0.2) is 0 Å². The molecule has 0 aromatic heterocycles. The smallest absolute Gasteiger partial charge is 0.137 e. The molecule has 0 aliphatic carbocycles. The van der Waals surface area contributed by atoms with Crippen molar-refractivity contribution < 1.29 is 4.21 Å². The van der Waals surface area contributed by atoms with Gasteiger partial charge in [0.25, 0.3) is 0 Å². The molecule has 88 valence electrons. The van der Waals surface area contributed by atoms with E-state index in [1.807, 2.05) is 11.8 Å². The fourth-order valence-corrected chi connectivity index (χ4v) is 4.24. The van der Waals surface area contributed by atoms with E-state index < -0.39 is 9.92 Å². The number of anilines is 1. The summed E-state index contributed by atoms with van der Waals surface area (Å²) in [5.74, 6) is 1.90. The second-order valence-electron chi connectivity index (χ2n) is 3.64. The summed E-state index contributed by atoms with van der Waals surface area (Å²) in [4.78, 5) is 0.550. The van der Waals surface area contributed by atoms with Crippen LogP contribution in [0.4, 0.5) is 5.69 Å². The molecule has 1 aromatic rings. The lowest BCUT2D eigenvalue weighted by Gasteiger charge is -2.27. The summed E-state index contributed by atoms with van der Waals surface area (Å²) in [5, 5.41) is 0. The van der Waals surface area contributed by atoms with Crippen LogP contribution in [0.25, 0.3) is 0 Å². The molecule has 1 atom stereocenters. The largest absolute Gasteiger partial charge is 0.399 e.